The summed E-state index contributed by atoms with van der Waals surface area (Å²) in [6, 6.07) is 0. The van der Waals surface area contributed by atoms with Crippen LogP contribution in [0.25, 0.3) is 0 Å². The molecule has 0 bridgehead atoms. The summed E-state index contributed by atoms with van der Waals surface area (Å²) in [6.07, 6.45) is 0.816. The summed E-state index contributed by atoms with van der Waals surface area (Å²) in [6.45, 7) is 3.06. The molecule has 60 valence electrons. The van der Waals surface area contributed by atoms with E-state index in [9.17, 15) is 4.79 Å². The van der Waals surface area contributed by atoms with Gasteiger partial charge in [0.05, 0.1) is 6.67 Å². The van der Waals surface area contributed by atoms with Crippen molar-refractivity contribution in [3.8, 4) is 0 Å². The van der Waals surface area contributed by atoms with Gasteiger partial charge in [-0.1, -0.05) is 0 Å². The van der Waals surface area contributed by atoms with Gasteiger partial charge in [0.15, 0.2) is 0 Å². The van der Waals surface area contributed by atoms with Gasteiger partial charge in [-0.2, -0.15) is 0 Å². The monoisotopic (exact) mass is 145 g/mol. The van der Waals surface area contributed by atoms with E-state index in [0.717, 1.165) is 6.42 Å². The van der Waals surface area contributed by atoms with E-state index in [1.165, 1.54) is 6.92 Å². The van der Waals surface area contributed by atoms with E-state index in [0.29, 0.717) is 13.1 Å². The van der Waals surface area contributed by atoms with E-state index >= 15 is 0 Å². The summed E-state index contributed by atoms with van der Waals surface area (Å²) in [4.78, 5) is 12.2. The molecular formula is C6H15N3O. The fourth-order valence-corrected chi connectivity index (χ4v) is 0.659. The van der Waals surface area contributed by atoms with Gasteiger partial charge in [0.1, 0.15) is 0 Å². The number of nitrogens with zero attached hydrogens (tertiary/aromatic N) is 1. The third-order valence-corrected chi connectivity index (χ3v) is 1.30. The Morgan fingerprint density at radius 3 is 2.40 bits per heavy atom. The smallest absolute Gasteiger partial charge is 0.220 e. The first-order chi connectivity index (χ1) is 4.72. The fourth-order valence-electron chi connectivity index (χ4n) is 0.659. The zero-order valence-corrected chi connectivity index (χ0v) is 6.34. The zero-order valence-electron chi connectivity index (χ0n) is 6.34. The van der Waals surface area contributed by atoms with Crippen LogP contribution in [-0.4, -0.2) is 30.6 Å². The van der Waals surface area contributed by atoms with Crippen LogP contribution in [0.4, 0.5) is 0 Å². The summed E-state index contributed by atoms with van der Waals surface area (Å²) >= 11 is 0. The molecule has 0 aliphatic rings. The predicted molar refractivity (Wildman–Crippen MR) is 40.1 cm³/mol. The van der Waals surface area contributed by atoms with Crippen molar-refractivity contribution in [1.29, 1.82) is 0 Å². The van der Waals surface area contributed by atoms with Crippen molar-refractivity contribution in [2.24, 2.45) is 11.5 Å². The van der Waals surface area contributed by atoms with Gasteiger partial charge in [-0.3, -0.25) is 4.79 Å². The molecule has 0 aromatic heterocycles. The van der Waals surface area contributed by atoms with E-state index in [2.05, 4.69) is 0 Å². The average molecular weight is 145 g/mol. The zero-order chi connectivity index (χ0) is 7.98. The van der Waals surface area contributed by atoms with Gasteiger partial charge in [0.25, 0.3) is 0 Å². The van der Waals surface area contributed by atoms with Crippen molar-refractivity contribution in [2.45, 2.75) is 13.3 Å². The minimum Gasteiger partial charge on any atom is -0.330 e. The first-order valence-electron chi connectivity index (χ1n) is 3.38. The van der Waals surface area contributed by atoms with Crippen LogP contribution in [0.15, 0.2) is 0 Å². The molecule has 1 amide bonds. The molecule has 4 heteroatoms. The predicted octanol–water partition coefficient (Wildman–Crippen LogP) is -0.900. The highest BCUT2D eigenvalue weighted by Crippen LogP contribution is 1.87. The van der Waals surface area contributed by atoms with Crippen molar-refractivity contribution in [1.82, 2.24) is 4.90 Å². The molecule has 0 rings (SSSR count). The van der Waals surface area contributed by atoms with Crippen molar-refractivity contribution in [2.75, 3.05) is 19.8 Å². The average Bonchev–Trinajstić information content (AvgIpc) is 1.89. The second-order valence-electron chi connectivity index (χ2n) is 2.11. The SMILES string of the molecule is CC(=O)N(CN)CCCN. The van der Waals surface area contributed by atoms with E-state index in [1.807, 2.05) is 0 Å². The number of hydrogen-bond acceptors (Lipinski definition) is 3. The molecule has 0 heterocycles. The first kappa shape index (κ1) is 9.39. The van der Waals surface area contributed by atoms with Crippen LogP contribution in [0.5, 0.6) is 0 Å². The van der Waals surface area contributed by atoms with Crippen molar-refractivity contribution < 1.29 is 4.79 Å². The molecular weight excluding hydrogens is 130 g/mol. The highest BCUT2D eigenvalue weighted by molar-refractivity contribution is 5.73. The van der Waals surface area contributed by atoms with Crippen LogP contribution in [0, 0.1) is 0 Å². The molecule has 0 aliphatic carbocycles. The molecule has 0 aliphatic heterocycles. The van der Waals surface area contributed by atoms with Crippen molar-refractivity contribution in [3.63, 3.8) is 0 Å². The second kappa shape index (κ2) is 5.20. The Morgan fingerprint density at radius 1 is 1.50 bits per heavy atom. The molecule has 0 aromatic rings. The van der Waals surface area contributed by atoms with E-state index < -0.39 is 0 Å². The maximum atomic E-state index is 10.7. The third-order valence-electron chi connectivity index (χ3n) is 1.30. The molecule has 0 saturated carbocycles. The number of nitrogens with two attached hydrogens (primary N) is 2. The molecule has 0 unspecified atom stereocenters. The lowest BCUT2D eigenvalue weighted by Crippen LogP contribution is -2.35. The van der Waals surface area contributed by atoms with E-state index in [-0.39, 0.29) is 12.6 Å². The molecule has 4 N–H and O–H groups in total. The molecule has 0 aromatic carbocycles. The second-order valence-corrected chi connectivity index (χ2v) is 2.11. The lowest BCUT2D eigenvalue weighted by Gasteiger charge is -2.17. The number of rotatable bonds is 4. The molecule has 0 atom stereocenters. The number of carbonyl (C=O) groups excluding carboxylic acids is 1. The Labute approximate surface area is 61.2 Å². The van der Waals surface area contributed by atoms with Gasteiger partial charge in [-0.05, 0) is 13.0 Å². The maximum Gasteiger partial charge on any atom is 0.220 e. The molecule has 0 radical (unpaired) electrons. The fraction of sp³-hybridized carbons (Fsp3) is 0.833. The normalized spacial score (nSPS) is 9.50. The van der Waals surface area contributed by atoms with Crippen LogP contribution in [-0.2, 0) is 4.79 Å². The largest absolute Gasteiger partial charge is 0.330 e. The minimum absolute atomic E-state index is 0.0101. The third kappa shape index (κ3) is 3.42. The minimum atomic E-state index is 0.0101. The van der Waals surface area contributed by atoms with Crippen molar-refractivity contribution >= 4 is 5.91 Å². The van der Waals surface area contributed by atoms with Gasteiger partial charge in [-0.15, -0.1) is 0 Å². The summed E-state index contributed by atoms with van der Waals surface area (Å²) in [7, 11) is 0. The van der Waals surface area contributed by atoms with Crippen molar-refractivity contribution in [3.05, 3.63) is 0 Å². The van der Waals surface area contributed by atoms with E-state index in [1.54, 1.807) is 4.90 Å². The van der Waals surface area contributed by atoms with Gasteiger partial charge in [0, 0.05) is 13.5 Å². The highest BCUT2D eigenvalue weighted by Gasteiger charge is 2.03. The van der Waals surface area contributed by atoms with Gasteiger partial charge < -0.3 is 16.4 Å². The topological polar surface area (TPSA) is 72.3 Å². The van der Waals surface area contributed by atoms with Gasteiger partial charge in [0.2, 0.25) is 5.91 Å². The molecule has 4 nitrogen and oxygen atoms in total. The number of amides is 1. The Balaban J connectivity index is 3.50. The standard InChI is InChI=1S/C6H15N3O/c1-6(10)9(5-8)4-2-3-7/h2-5,7-8H2,1H3. The van der Waals surface area contributed by atoms with Crippen LogP contribution in [0.2, 0.25) is 0 Å². The lowest BCUT2D eigenvalue weighted by atomic mass is 10.4. The Kier molecular flexibility index (Phi) is 4.88. The molecule has 0 saturated heterocycles. The van der Waals surface area contributed by atoms with Gasteiger partial charge in [-0.25, -0.2) is 0 Å². The Morgan fingerprint density at radius 2 is 2.10 bits per heavy atom. The summed E-state index contributed by atoms with van der Waals surface area (Å²) in [5.41, 5.74) is 10.5. The number of carbonyl (C=O) groups is 1. The highest BCUT2D eigenvalue weighted by atomic mass is 16.2. The Bertz CT molecular complexity index is 105. The lowest BCUT2D eigenvalue weighted by molar-refractivity contribution is -0.128. The van der Waals surface area contributed by atoms with Crippen LogP contribution >= 0.6 is 0 Å². The first-order valence-corrected chi connectivity index (χ1v) is 3.38. The molecule has 0 spiro atoms. The summed E-state index contributed by atoms with van der Waals surface area (Å²) < 4.78 is 0. The van der Waals surface area contributed by atoms with Crippen LogP contribution in [0.1, 0.15) is 13.3 Å². The van der Waals surface area contributed by atoms with Crippen LogP contribution < -0.4 is 11.5 Å². The number of hydrogen-bond donors (Lipinski definition) is 2. The molecule has 10 heavy (non-hydrogen) atoms. The van der Waals surface area contributed by atoms with E-state index in [4.69, 9.17) is 11.5 Å². The van der Waals surface area contributed by atoms with Gasteiger partial charge >= 0.3 is 0 Å². The molecule has 0 fully saturated rings. The summed E-state index contributed by atoms with van der Waals surface area (Å²) in [5, 5.41) is 0. The Hall–Kier alpha value is -0.610. The quantitative estimate of drug-likeness (QED) is 0.503. The van der Waals surface area contributed by atoms with Crippen LogP contribution in [0.3, 0.4) is 0 Å². The maximum absolute atomic E-state index is 10.7. The summed E-state index contributed by atoms with van der Waals surface area (Å²) in [5.74, 6) is 0.0101.